The Hall–Kier alpha value is -2.01. The van der Waals surface area contributed by atoms with Crippen LogP contribution in [0.2, 0.25) is 0 Å². The van der Waals surface area contributed by atoms with E-state index < -0.39 is 0 Å². The zero-order valence-electron chi connectivity index (χ0n) is 11.7. The molecule has 0 aliphatic carbocycles. The molecule has 0 saturated heterocycles. The highest BCUT2D eigenvalue weighted by Gasteiger charge is 2.06. The number of hydrogen-bond donors (Lipinski definition) is 2. The smallest absolute Gasteiger partial charge is 0.227 e. The molecule has 110 valence electrons. The molecule has 2 rings (SSSR count). The summed E-state index contributed by atoms with van der Waals surface area (Å²) >= 11 is 3.41. The molecule has 0 bridgehead atoms. The maximum atomic E-state index is 11.9. The Bertz CT molecular complexity index is 627. The van der Waals surface area contributed by atoms with E-state index in [-0.39, 0.29) is 12.3 Å². The number of halogens is 1. The van der Waals surface area contributed by atoms with Gasteiger partial charge in [-0.1, -0.05) is 6.07 Å². The van der Waals surface area contributed by atoms with Gasteiger partial charge in [0.05, 0.1) is 18.7 Å². The second kappa shape index (κ2) is 7.13. The van der Waals surface area contributed by atoms with Crippen LogP contribution in [0.1, 0.15) is 12.0 Å². The van der Waals surface area contributed by atoms with Gasteiger partial charge in [-0.05, 0) is 64.8 Å². The topological polar surface area (TPSA) is 64.3 Å². The van der Waals surface area contributed by atoms with Crippen molar-refractivity contribution in [3.05, 3.63) is 52.5 Å². The molecule has 5 heteroatoms. The zero-order valence-corrected chi connectivity index (χ0v) is 13.3. The summed E-state index contributed by atoms with van der Waals surface area (Å²) in [6, 6.07) is 12.9. The molecular weight excluding hydrogens is 332 g/mol. The minimum atomic E-state index is -0.0863. The molecule has 2 aromatic carbocycles. The normalized spacial score (nSPS) is 10.2. The van der Waals surface area contributed by atoms with Gasteiger partial charge in [0.25, 0.3) is 0 Å². The fourth-order valence-electron chi connectivity index (χ4n) is 1.77. The SMILES string of the molecule is Cc1ccc(Br)c(NC(=O)CCOc2ccc(N)cc2)c1. The molecule has 0 spiro atoms. The van der Waals surface area contributed by atoms with Crippen LogP contribution in [0.25, 0.3) is 0 Å². The van der Waals surface area contributed by atoms with Crippen LogP contribution in [-0.4, -0.2) is 12.5 Å². The van der Waals surface area contributed by atoms with Crippen molar-refractivity contribution in [3.63, 3.8) is 0 Å². The fraction of sp³-hybridized carbons (Fsp3) is 0.188. The van der Waals surface area contributed by atoms with Gasteiger partial charge in [0.1, 0.15) is 5.75 Å². The van der Waals surface area contributed by atoms with Gasteiger partial charge < -0.3 is 15.8 Å². The van der Waals surface area contributed by atoms with Crippen molar-refractivity contribution >= 4 is 33.2 Å². The standard InChI is InChI=1S/C16H17BrN2O2/c1-11-2-7-14(17)15(10-11)19-16(20)8-9-21-13-5-3-12(18)4-6-13/h2-7,10H,8-9,18H2,1H3,(H,19,20). The summed E-state index contributed by atoms with van der Waals surface area (Å²) in [6.45, 7) is 2.30. The third kappa shape index (κ3) is 4.79. The van der Waals surface area contributed by atoms with Crippen molar-refractivity contribution in [1.82, 2.24) is 0 Å². The van der Waals surface area contributed by atoms with E-state index in [9.17, 15) is 4.79 Å². The first-order valence-electron chi connectivity index (χ1n) is 6.59. The Morgan fingerprint density at radius 3 is 2.67 bits per heavy atom. The van der Waals surface area contributed by atoms with E-state index in [1.165, 1.54) is 0 Å². The number of ether oxygens (including phenoxy) is 1. The zero-order chi connectivity index (χ0) is 15.2. The molecule has 0 fully saturated rings. The molecule has 0 radical (unpaired) electrons. The van der Waals surface area contributed by atoms with Crippen LogP contribution in [0.4, 0.5) is 11.4 Å². The molecule has 4 nitrogen and oxygen atoms in total. The van der Waals surface area contributed by atoms with Crippen molar-refractivity contribution in [3.8, 4) is 5.75 Å². The number of carbonyl (C=O) groups is 1. The summed E-state index contributed by atoms with van der Waals surface area (Å²) in [4.78, 5) is 11.9. The maximum Gasteiger partial charge on any atom is 0.227 e. The summed E-state index contributed by atoms with van der Waals surface area (Å²) < 4.78 is 6.36. The lowest BCUT2D eigenvalue weighted by atomic mass is 10.2. The Labute approximate surface area is 132 Å². The molecule has 2 aromatic rings. The third-order valence-electron chi connectivity index (χ3n) is 2.87. The number of nitrogens with one attached hydrogen (secondary N) is 1. The van der Waals surface area contributed by atoms with E-state index in [2.05, 4.69) is 21.2 Å². The molecule has 3 N–H and O–H groups in total. The Kier molecular flexibility index (Phi) is 5.22. The molecule has 0 aromatic heterocycles. The second-order valence-corrected chi connectivity index (χ2v) is 5.55. The molecule has 0 aliphatic heterocycles. The number of amides is 1. The third-order valence-corrected chi connectivity index (χ3v) is 3.57. The minimum absolute atomic E-state index is 0.0863. The number of hydrogen-bond acceptors (Lipinski definition) is 3. The Balaban J connectivity index is 1.82. The average molecular weight is 349 g/mol. The Morgan fingerprint density at radius 1 is 1.24 bits per heavy atom. The minimum Gasteiger partial charge on any atom is -0.493 e. The van der Waals surface area contributed by atoms with E-state index in [0.717, 1.165) is 15.7 Å². The molecular formula is C16H17BrN2O2. The summed E-state index contributed by atoms with van der Waals surface area (Å²) in [7, 11) is 0. The molecule has 0 saturated carbocycles. The molecule has 21 heavy (non-hydrogen) atoms. The van der Waals surface area contributed by atoms with Crippen LogP contribution in [0.5, 0.6) is 5.75 Å². The number of nitrogen functional groups attached to an aromatic ring is 1. The first kappa shape index (κ1) is 15.4. The van der Waals surface area contributed by atoms with Gasteiger partial charge in [0.2, 0.25) is 5.91 Å². The highest BCUT2D eigenvalue weighted by atomic mass is 79.9. The highest BCUT2D eigenvalue weighted by molar-refractivity contribution is 9.10. The maximum absolute atomic E-state index is 11.9. The predicted molar refractivity (Wildman–Crippen MR) is 88.5 cm³/mol. The summed E-state index contributed by atoms with van der Waals surface area (Å²) in [6.07, 6.45) is 0.282. The molecule has 1 amide bonds. The van der Waals surface area contributed by atoms with Crippen LogP contribution < -0.4 is 15.8 Å². The van der Waals surface area contributed by atoms with Crippen molar-refractivity contribution in [2.75, 3.05) is 17.7 Å². The van der Waals surface area contributed by atoms with Crippen LogP contribution in [0.3, 0.4) is 0 Å². The monoisotopic (exact) mass is 348 g/mol. The number of anilines is 2. The van der Waals surface area contributed by atoms with Gasteiger partial charge in [-0.2, -0.15) is 0 Å². The van der Waals surface area contributed by atoms with Gasteiger partial charge in [0, 0.05) is 10.2 Å². The van der Waals surface area contributed by atoms with Gasteiger partial charge in [0.15, 0.2) is 0 Å². The summed E-state index contributed by atoms with van der Waals surface area (Å²) in [5.74, 6) is 0.616. The molecule has 0 aliphatic rings. The predicted octanol–water partition coefficient (Wildman–Crippen LogP) is 3.75. The summed E-state index contributed by atoms with van der Waals surface area (Å²) in [5.41, 5.74) is 8.14. The first-order valence-corrected chi connectivity index (χ1v) is 7.38. The van der Waals surface area contributed by atoms with Crippen molar-refractivity contribution in [2.45, 2.75) is 13.3 Å². The number of benzene rings is 2. The highest BCUT2D eigenvalue weighted by Crippen LogP contribution is 2.23. The second-order valence-electron chi connectivity index (χ2n) is 4.70. The van der Waals surface area contributed by atoms with Crippen molar-refractivity contribution < 1.29 is 9.53 Å². The van der Waals surface area contributed by atoms with Gasteiger partial charge in [-0.3, -0.25) is 4.79 Å². The van der Waals surface area contributed by atoms with Crippen LogP contribution in [0, 0.1) is 6.92 Å². The largest absolute Gasteiger partial charge is 0.493 e. The first-order chi connectivity index (χ1) is 10.0. The number of carbonyl (C=O) groups excluding carboxylic acids is 1. The molecule has 0 atom stereocenters. The number of nitrogens with two attached hydrogens (primary N) is 1. The molecule has 0 heterocycles. The van der Waals surface area contributed by atoms with E-state index in [4.69, 9.17) is 10.5 Å². The average Bonchev–Trinajstić information content (AvgIpc) is 2.45. The van der Waals surface area contributed by atoms with E-state index in [1.54, 1.807) is 24.3 Å². The lowest BCUT2D eigenvalue weighted by Gasteiger charge is -2.09. The molecule has 0 unspecified atom stereocenters. The van der Waals surface area contributed by atoms with Crippen molar-refractivity contribution in [2.24, 2.45) is 0 Å². The van der Waals surface area contributed by atoms with E-state index in [0.29, 0.717) is 18.0 Å². The lowest BCUT2D eigenvalue weighted by molar-refractivity contribution is -0.116. The lowest BCUT2D eigenvalue weighted by Crippen LogP contribution is -2.15. The van der Waals surface area contributed by atoms with Crippen LogP contribution >= 0.6 is 15.9 Å². The number of rotatable bonds is 5. The Morgan fingerprint density at radius 2 is 1.95 bits per heavy atom. The van der Waals surface area contributed by atoms with Crippen molar-refractivity contribution in [1.29, 1.82) is 0 Å². The number of aryl methyl sites for hydroxylation is 1. The summed E-state index contributed by atoms with van der Waals surface area (Å²) in [5, 5.41) is 2.86. The van der Waals surface area contributed by atoms with E-state index in [1.807, 2.05) is 25.1 Å². The van der Waals surface area contributed by atoms with Crippen LogP contribution in [-0.2, 0) is 4.79 Å². The van der Waals surface area contributed by atoms with Gasteiger partial charge in [-0.25, -0.2) is 0 Å². The fourth-order valence-corrected chi connectivity index (χ4v) is 2.12. The quantitative estimate of drug-likeness (QED) is 0.808. The van der Waals surface area contributed by atoms with Gasteiger partial charge in [-0.15, -0.1) is 0 Å². The van der Waals surface area contributed by atoms with E-state index >= 15 is 0 Å². The van der Waals surface area contributed by atoms with Gasteiger partial charge >= 0.3 is 0 Å². The van der Waals surface area contributed by atoms with Crippen LogP contribution in [0.15, 0.2) is 46.9 Å².